The zero-order valence-electron chi connectivity index (χ0n) is 11.4. The van der Waals surface area contributed by atoms with Crippen molar-refractivity contribution in [3.8, 4) is 0 Å². The van der Waals surface area contributed by atoms with Crippen LogP contribution in [0.3, 0.4) is 0 Å². The van der Waals surface area contributed by atoms with E-state index in [2.05, 4.69) is 63.4 Å². The van der Waals surface area contributed by atoms with Crippen molar-refractivity contribution in [2.45, 2.75) is 11.1 Å². The van der Waals surface area contributed by atoms with Gasteiger partial charge < -0.3 is 5.73 Å². The number of benzene rings is 2. The molecule has 2 aromatic carbocycles. The van der Waals surface area contributed by atoms with Gasteiger partial charge >= 0.3 is 0 Å². The summed E-state index contributed by atoms with van der Waals surface area (Å²) in [4.78, 5) is 4.35. The Labute approximate surface area is 136 Å². The highest BCUT2D eigenvalue weighted by Gasteiger charge is 2.08. The lowest BCUT2D eigenvalue weighted by Gasteiger charge is -2.12. The normalized spacial score (nSPS) is 12.5. The fourth-order valence-electron chi connectivity index (χ4n) is 2.16. The zero-order valence-corrected chi connectivity index (χ0v) is 13.8. The van der Waals surface area contributed by atoms with Gasteiger partial charge in [-0.05, 0) is 50.5 Å². The molecule has 1 unspecified atom stereocenters. The number of hydrogen-bond donors (Lipinski definition) is 1. The van der Waals surface area contributed by atoms with Crippen molar-refractivity contribution < 1.29 is 0 Å². The van der Waals surface area contributed by atoms with Gasteiger partial charge in [-0.15, -0.1) is 11.8 Å². The number of pyridine rings is 1. The second kappa shape index (κ2) is 6.60. The number of hydrogen-bond acceptors (Lipinski definition) is 3. The molecule has 21 heavy (non-hydrogen) atoms. The fraction of sp³-hybridized carbons (Fsp3) is 0.118. The first-order chi connectivity index (χ1) is 10.2. The number of aromatic nitrogens is 1. The summed E-state index contributed by atoms with van der Waals surface area (Å²) in [5.74, 6) is 0.812. The third-order valence-corrected chi connectivity index (χ3v) is 4.84. The van der Waals surface area contributed by atoms with E-state index in [1.807, 2.05) is 18.3 Å². The van der Waals surface area contributed by atoms with Gasteiger partial charge in [0, 0.05) is 22.5 Å². The molecule has 0 radical (unpaired) electrons. The van der Waals surface area contributed by atoms with Crippen molar-refractivity contribution in [1.82, 2.24) is 4.98 Å². The van der Waals surface area contributed by atoms with Gasteiger partial charge in [0.05, 0.1) is 5.03 Å². The minimum atomic E-state index is 0.00468. The Morgan fingerprint density at radius 1 is 1.05 bits per heavy atom. The van der Waals surface area contributed by atoms with E-state index in [9.17, 15) is 0 Å². The molecule has 0 aliphatic heterocycles. The lowest BCUT2D eigenvalue weighted by molar-refractivity contribution is 0.831. The number of nitrogens with two attached hydrogens (primary N) is 1. The van der Waals surface area contributed by atoms with Gasteiger partial charge in [0.1, 0.15) is 0 Å². The molecule has 4 heteroatoms. The monoisotopic (exact) mass is 358 g/mol. The molecule has 0 bridgehead atoms. The Balaban J connectivity index is 1.71. The first-order valence-electron chi connectivity index (χ1n) is 6.71. The molecule has 3 aromatic rings. The average molecular weight is 359 g/mol. The molecule has 2 nitrogen and oxygen atoms in total. The predicted molar refractivity (Wildman–Crippen MR) is 93.5 cm³/mol. The Bertz CT molecular complexity index is 743. The molecular formula is C17H15BrN2S. The third kappa shape index (κ3) is 3.64. The minimum absolute atomic E-state index is 0.00468. The molecule has 1 heterocycles. The highest BCUT2D eigenvalue weighted by atomic mass is 79.9. The van der Waals surface area contributed by atoms with Crippen LogP contribution < -0.4 is 5.73 Å². The summed E-state index contributed by atoms with van der Waals surface area (Å²) in [7, 11) is 0. The van der Waals surface area contributed by atoms with Crippen molar-refractivity contribution in [3.63, 3.8) is 0 Å². The van der Waals surface area contributed by atoms with E-state index in [1.54, 1.807) is 11.8 Å². The molecule has 1 aromatic heterocycles. The maximum Gasteiger partial charge on any atom is 0.0961 e. The van der Waals surface area contributed by atoms with Crippen LogP contribution in [0.4, 0.5) is 0 Å². The first kappa shape index (κ1) is 14.6. The van der Waals surface area contributed by atoms with Crippen LogP contribution in [0, 0.1) is 0 Å². The standard InChI is InChI=1S/C17H15BrN2S/c18-15-7-8-17(20-10-15)21-11-16(19)14-6-5-12-3-1-2-4-13(12)9-14/h1-10,16H,11,19H2. The van der Waals surface area contributed by atoms with Gasteiger partial charge in [-0.1, -0.05) is 36.4 Å². The molecule has 0 spiro atoms. The van der Waals surface area contributed by atoms with Gasteiger partial charge in [0.25, 0.3) is 0 Å². The predicted octanol–water partition coefficient (Wildman–Crippen LogP) is 4.79. The Morgan fingerprint density at radius 2 is 1.86 bits per heavy atom. The van der Waals surface area contributed by atoms with Crippen molar-refractivity contribution >= 4 is 38.5 Å². The van der Waals surface area contributed by atoms with Crippen molar-refractivity contribution in [3.05, 3.63) is 70.8 Å². The quantitative estimate of drug-likeness (QED) is 0.681. The molecule has 0 aliphatic rings. The first-order valence-corrected chi connectivity index (χ1v) is 8.49. The Hall–Kier alpha value is -1.36. The van der Waals surface area contributed by atoms with Crippen LogP contribution in [-0.4, -0.2) is 10.7 Å². The second-order valence-corrected chi connectivity index (χ2v) is 6.79. The Kier molecular flexibility index (Phi) is 4.58. The molecule has 1 atom stereocenters. The highest BCUT2D eigenvalue weighted by Crippen LogP contribution is 2.25. The van der Waals surface area contributed by atoms with Gasteiger partial charge in [-0.25, -0.2) is 4.98 Å². The maximum atomic E-state index is 6.31. The molecule has 0 fully saturated rings. The summed E-state index contributed by atoms with van der Waals surface area (Å²) >= 11 is 5.07. The molecule has 0 aliphatic carbocycles. The van der Waals surface area contributed by atoms with Crippen LogP contribution in [0.2, 0.25) is 0 Å². The largest absolute Gasteiger partial charge is 0.323 e. The van der Waals surface area contributed by atoms with Crippen LogP contribution in [0.25, 0.3) is 10.8 Å². The number of halogens is 1. The van der Waals surface area contributed by atoms with Crippen molar-refractivity contribution in [2.24, 2.45) is 5.73 Å². The number of fused-ring (bicyclic) bond motifs is 1. The van der Waals surface area contributed by atoms with E-state index >= 15 is 0 Å². The summed E-state index contributed by atoms with van der Waals surface area (Å²) in [6.45, 7) is 0. The molecule has 3 rings (SSSR count). The van der Waals surface area contributed by atoms with E-state index in [0.717, 1.165) is 15.3 Å². The number of nitrogens with zero attached hydrogens (tertiary/aromatic N) is 1. The van der Waals surface area contributed by atoms with Crippen molar-refractivity contribution in [2.75, 3.05) is 5.75 Å². The second-order valence-electron chi connectivity index (χ2n) is 4.84. The summed E-state index contributed by atoms with van der Waals surface area (Å²) < 4.78 is 0.991. The zero-order chi connectivity index (χ0) is 14.7. The lowest BCUT2D eigenvalue weighted by Crippen LogP contribution is -2.12. The highest BCUT2D eigenvalue weighted by molar-refractivity contribution is 9.10. The fourth-order valence-corrected chi connectivity index (χ4v) is 3.23. The molecule has 0 saturated carbocycles. The third-order valence-electron chi connectivity index (χ3n) is 3.31. The van der Waals surface area contributed by atoms with E-state index in [-0.39, 0.29) is 6.04 Å². The Morgan fingerprint density at radius 3 is 2.62 bits per heavy atom. The molecular weight excluding hydrogens is 344 g/mol. The van der Waals surface area contributed by atoms with Crippen LogP contribution in [-0.2, 0) is 0 Å². The molecule has 0 saturated heterocycles. The summed E-state index contributed by atoms with van der Waals surface area (Å²) in [5, 5.41) is 3.47. The summed E-state index contributed by atoms with van der Waals surface area (Å²) in [6.07, 6.45) is 1.81. The maximum absolute atomic E-state index is 6.31. The van der Waals surface area contributed by atoms with E-state index in [0.29, 0.717) is 0 Å². The van der Waals surface area contributed by atoms with Crippen LogP contribution in [0.15, 0.2) is 70.3 Å². The summed E-state index contributed by atoms with van der Waals surface area (Å²) in [6, 6.07) is 18.8. The summed E-state index contributed by atoms with van der Waals surface area (Å²) in [5.41, 5.74) is 7.47. The topological polar surface area (TPSA) is 38.9 Å². The average Bonchev–Trinajstić information content (AvgIpc) is 2.53. The van der Waals surface area contributed by atoms with Gasteiger partial charge in [0.15, 0.2) is 0 Å². The number of thioether (sulfide) groups is 1. The van der Waals surface area contributed by atoms with Crippen LogP contribution in [0.5, 0.6) is 0 Å². The van der Waals surface area contributed by atoms with Gasteiger partial charge in [-0.3, -0.25) is 0 Å². The van der Waals surface area contributed by atoms with Gasteiger partial charge in [-0.2, -0.15) is 0 Å². The smallest absolute Gasteiger partial charge is 0.0961 e. The van der Waals surface area contributed by atoms with Crippen LogP contribution in [0.1, 0.15) is 11.6 Å². The van der Waals surface area contributed by atoms with E-state index < -0.39 is 0 Å². The molecule has 2 N–H and O–H groups in total. The SMILES string of the molecule is NC(CSc1ccc(Br)cn1)c1ccc2ccccc2c1. The number of rotatable bonds is 4. The van der Waals surface area contributed by atoms with Crippen molar-refractivity contribution in [1.29, 1.82) is 0 Å². The van der Waals surface area contributed by atoms with E-state index in [4.69, 9.17) is 5.73 Å². The lowest BCUT2D eigenvalue weighted by atomic mass is 10.0. The minimum Gasteiger partial charge on any atom is -0.323 e. The van der Waals surface area contributed by atoms with E-state index in [1.165, 1.54) is 16.3 Å². The molecule has 106 valence electrons. The molecule has 0 amide bonds. The van der Waals surface area contributed by atoms with Gasteiger partial charge in [0.2, 0.25) is 0 Å². The van der Waals surface area contributed by atoms with Crippen LogP contribution >= 0.6 is 27.7 Å².